The van der Waals surface area contributed by atoms with Gasteiger partial charge in [0.15, 0.2) is 0 Å². The first-order chi connectivity index (χ1) is 13.1. The van der Waals surface area contributed by atoms with Crippen LogP contribution in [0.5, 0.6) is 11.5 Å². The van der Waals surface area contributed by atoms with Crippen molar-refractivity contribution in [2.45, 2.75) is 6.42 Å². The molecule has 0 radical (unpaired) electrons. The third kappa shape index (κ3) is 5.64. The van der Waals surface area contributed by atoms with Crippen molar-refractivity contribution in [1.29, 1.82) is 0 Å². The summed E-state index contributed by atoms with van der Waals surface area (Å²) in [5.74, 6) is 0.374. The van der Waals surface area contributed by atoms with Crippen LogP contribution in [0, 0.1) is 5.82 Å². The van der Waals surface area contributed by atoms with E-state index < -0.39 is 11.9 Å². The van der Waals surface area contributed by atoms with E-state index in [0.29, 0.717) is 22.7 Å². The standard InChI is InChI=1S/C20H16FN3O3/c21-15-3-1-14(2-4-15)13-19(25)24-20(26)23-16-5-7-17(8-6-16)27-18-9-11-22-12-10-18/h1-12H,13H2,(H2,23,24,25,26). The van der Waals surface area contributed by atoms with Crippen molar-refractivity contribution in [3.63, 3.8) is 0 Å². The van der Waals surface area contributed by atoms with Crippen LogP contribution in [0.25, 0.3) is 0 Å². The third-order valence-corrected chi connectivity index (χ3v) is 3.53. The molecule has 0 unspecified atom stereocenters. The molecule has 1 aromatic heterocycles. The van der Waals surface area contributed by atoms with Gasteiger partial charge in [-0.05, 0) is 54.1 Å². The van der Waals surface area contributed by atoms with Crippen molar-refractivity contribution in [1.82, 2.24) is 10.3 Å². The molecular weight excluding hydrogens is 349 g/mol. The predicted octanol–water partition coefficient (Wildman–Crippen LogP) is 3.90. The number of rotatable bonds is 5. The molecule has 2 aromatic carbocycles. The minimum absolute atomic E-state index is 0.0214. The summed E-state index contributed by atoms with van der Waals surface area (Å²) in [6.45, 7) is 0. The van der Waals surface area contributed by atoms with Crippen LogP contribution in [0.2, 0.25) is 0 Å². The second kappa shape index (κ2) is 8.57. The van der Waals surface area contributed by atoms with E-state index in [-0.39, 0.29) is 12.2 Å². The van der Waals surface area contributed by atoms with Crippen LogP contribution in [0.4, 0.5) is 14.9 Å². The molecule has 2 N–H and O–H groups in total. The topological polar surface area (TPSA) is 80.3 Å². The van der Waals surface area contributed by atoms with Crippen molar-refractivity contribution >= 4 is 17.6 Å². The van der Waals surface area contributed by atoms with E-state index >= 15 is 0 Å². The Hall–Kier alpha value is -3.74. The van der Waals surface area contributed by atoms with E-state index in [1.807, 2.05) is 0 Å². The quantitative estimate of drug-likeness (QED) is 0.718. The maximum Gasteiger partial charge on any atom is 0.325 e. The minimum atomic E-state index is -0.648. The highest BCUT2D eigenvalue weighted by Gasteiger charge is 2.09. The summed E-state index contributed by atoms with van der Waals surface area (Å²) in [4.78, 5) is 27.7. The Morgan fingerprint density at radius 2 is 1.52 bits per heavy atom. The van der Waals surface area contributed by atoms with E-state index in [9.17, 15) is 14.0 Å². The van der Waals surface area contributed by atoms with E-state index in [1.54, 1.807) is 48.8 Å². The Balaban J connectivity index is 1.50. The number of carbonyl (C=O) groups is 2. The highest BCUT2D eigenvalue weighted by Crippen LogP contribution is 2.22. The first-order valence-corrected chi connectivity index (χ1v) is 8.12. The van der Waals surface area contributed by atoms with Crippen molar-refractivity contribution < 1.29 is 18.7 Å². The summed E-state index contributed by atoms with van der Waals surface area (Å²) in [6, 6.07) is 15.0. The summed E-state index contributed by atoms with van der Waals surface area (Å²) in [6.07, 6.45) is 3.23. The average Bonchev–Trinajstić information content (AvgIpc) is 2.66. The van der Waals surface area contributed by atoms with Gasteiger partial charge in [-0.25, -0.2) is 9.18 Å². The number of halogens is 1. The van der Waals surface area contributed by atoms with Crippen LogP contribution >= 0.6 is 0 Å². The molecule has 0 bridgehead atoms. The first kappa shape index (κ1) is 18.1. The summed E-state index contributed by atoms with van der Waals surface area (Å²) in [5.41, 5.74) is 1.11. The summed E-state index contributed by atoms with van der Waals surface area (Å²) in [7, 11) is 0. The summed E-state index contributed by atoms with van der Waals surface area (Å²) in [5, 5.41) is 4.79. The molecule has 0 atom stereocenters. The Morgan fingerprint density at radius 3 is 2.19 bits per heavy atom. The molecule has 6 nitrogen and oxygen atoms in total. The van der Waals surface area contributed by atoms with E-state index in [0.717, 1.165) is 0 Å². The fourth-order valence-electron chi connectivity index (χ4n) is 2.27. The molecular formula is C20H16FN3O3. The third-order valence-electron chi connectivity index (χ3n) is 3.53. The van der Waals surface area contributed by atoms with Crippen LogP contribution < -0.4 is 15.4 Å². The number of benzene rings is 2. The lowest BCUT2D eigenvalue weighted by Crippen LogP contribution is -2.35. The molecule has 0 saturated heterocycles. The van der Waals surface area contributed by atoms with Crippen LogP contribution in [-0.4, -0.2) is 16.9 Å². The monoisotopic (exact) mass is 365 g/mol. The van der Waals surface area contributed by atoms with Gasteiger partial charge in [0, 0.05) is 18.1 Å². The molecule has 3 amide bonds. The molecule has 27 heavy (non-hydrogen) atoms. The van der Waals surface area contributed by atoms with E-state index in [4.69, 9.17) is 4.74 Å². The van der Waals surface area contributed by atoms with Gasteiger partial charge in [-0.2, -0.15) is 0 Å². The Kier molecular flexibility index (Phi) is 5.73. The highest BCUT2D eigenvalue weighted by molar-refractivity contribution is 6.01. The van der Waals surface area contributed by atoms with Crippen LogP contribution in [0.3, 0.4) is 0 Å². The van der Waals surface area contributed by atoms with E-state index in [1.165, 1.54) is 24.3 Å². The molecule has 3 rings (SSSR count). The maximum atomic E-state index is 12.9. The van der Waals surface area contributed by atoms with Gasteiger partial charge in [0.2, 0.25) is 5.91 Å². The second-order valence-electron chi connectivity index (χ2n) is 5.61. The lowest BCUT2D eigenvalue weighted by Gasteiger charge is -2.09. The SMILES string of the molecule is O=C(Cc1ccc(F)cc1)NC(=O)Nc1ccc(Oc2ccncc2)cc1. The van der Waals surface area contributed by atoms with Crippen LogP contribution in [0.1, 0.15) is 5.56 Å². The fraction of sp³-hybridized carbons (Fsp3) is 0.0500. The Bertz CT molecular complexity index is 913. The van der Waals surface area contributed by atoms with Crippen molar-refractivity contribution in [2.24, 2.45) is 0 Å². The lowest BCUT2D eigenvalue weighted by atomic mass is 10.1. The average molecular weight is 365 g/mol. The Labute approximate surface area is 155 Å². The zero-order chi connectivity index (χ0) is 19.1. The van der Waals surface area contributed by atoms with Gasteiger partial charge in [0.25, 0.3) is 0 Å². The summed E-state index contributed by atoms with van der Waals surface area (Å²) < 4.78 is 18.5. The summed E-state index contributed by atoms with van der Waals surface area (Å²) >= 11 is 0. The maximum absolute atomic E-state index is 12.9. The van der Waals surface area contributed by atoms with Gasteiger partial charge in [-0.15, -0.1) is 0 Å². The molecule has 0 fully saturated rings. The number of hydrogen-bond acceptors (Lipinski definition) is 4. The number of hydrogen-bond donors (Lipinski definition) is 2. The second-order valence-corrected chi connectivity index (χ2v) is 5.61. The largest absolute Gasteiger partial charge is 0.457 e. The fourth-order valence-corrected chi connectivity index (χ4v) is 2.27. The molecule has 0 aliphatic heterocycles. The molecule has 0 spiro atoms. The van der Waals surface area contributed by atoms with Gasteiger partial charge in [0.05, 0.1) is 6.42 Å². The van der Waals surface area contributed by atoms with Crippen LogP contribution in [0.15, 0.2) is 73.1 Å². The number of imide groups is 1. The molecule has 136 valence electrons. The number of nitrogens with zero attached hydrogens (tertiary/aromatic N) is 1. The number of ether oxygens (including phenoxy) is 1. The molecule has 1 heterocycles. The zero-order valence-electron chi connectivity index (χ0n) is 14.2. The smallest absolute Gasteiger partial charge is 0.325 e. The number of carbonyl (C=O) groups excluding carboxylic acids is 2. The highest BCUT2D eigenvalue weighted by atomic mass is 19.1. The normalized spacial score (nSPS) is 10.1. The van der Waals surface area contributed by atoms with Crippen molar-refractivity contribution in [3.8, 4) is 11.5 Å². The molecule has 3 aromatic rings. The van der Waals surface area contributed by atoms with Gasteiger partial charge in [-0.1, -0.05) is 12.1 Å². The number of urea groups is 1. The zero-order valence-corrected chi connectivity index (χ0v) is 14.2. The lowest BCUT2D eigenvalue weighted by molar-refractivity contribution is -0.119. The molecule has 0 aliphatic carbocycles. The minimum Gasteiger partial charge on any atom is -0.457 e. The van der Waals surface area contributed by atoms with Gasteiger partial charge < -0.3 is 10.1 Å². The van der Waals surface area contributed by atoms with Gasteiger partial charge in [-0.3, -0.25) is 15.1 Å². The number of amides is 3. The van der Waals surface area contributed by atoms with Gasteiger partial charge in [0.1, 0.15) is 17.3 Å². The molecule has 0 aliphatic rings. The number of nitrogens with one attached hydrogen (secondary N) is 2. The molecule has 0 saturated carbocycles. The number of anilines is 1. The number of aromatic nitrogens is 1. The van der Waals surface area contributed by atoms with E-state index in [2.05, 4.69) is 15.6 Å². The molecule has 7 heteroatoms. The van der Waals surface area contributed by atoms with Gasteiger partial charge >= 0.3 is 6.03 Å². The van der Waals surface area contributed by atoms with Crippen molar-refractivity contribution in [2.75, 3.05) is 5.32 Å². The van der Waals surface area contributed by atoms with Crippen molar-refractivity contribution in [3.05, 3.63) is 84.4 Å². The van der Waals surface area contributed by atoms with Crippen LogP contribution in [-0.2, 0) is 11.2 Å². The predicted molar refractivity (Wildman–Crippen MR) is 98.0 cm³/mol. The number of pyridine rings is 1. The first-order valence-electron chi connectivity index (χ1n) is 8.12. The Morgan fingerprint density at radius 1 is 0.889 bits per heavy atom.